The van der Waals surface area contributed by atoms with Gasteiger partial charge in [-0.3, -0.25) is 14.6 Å². The topological polar surface area (TPSA) is 57.5 Å². The molecule has 1 saturated heterocycles. The van der Waals surface area contributed by atoms with Gasteiger partial charge in [0.1, 0.15) is 0 Å². The highest BCUT2D eigenvalue weighted by atomic mass is 127. The van der Waals surface area contributed by atoms with Gasteiger partial charge in [0.05, 0.1) is 12.7 Å². The summed E-state index contributed by atoms with van der Waals surface area (Å²) in [6, 6.07) is -0.00290. The molecule has 0 bridgehead atoms. The molecule has 0 spiro atoms. The van der Waals surface area contributed by atoms with Crippen LogP contribution in [0.15, 0.2) is 17.4 Å². The van der Waals surface area contributed by atoms with Gasteiger partial charge in [-0.2, -0.15) is 18.3 Å². The Morgan fingerprint density at radius 1 is 1.44 bits per heavy atom. The molecule has 25 heavy (non-hydrogen) atoms. The minimum Gasteiger partial charge on any atom is -0.356 e. The third-order valence-corrected chi connectivity index (χ3v) is 3.93. The molecule has 2 N–H and O–H groups in total. The second-order valence-electron chi connectivity index (χ2n) is 6.11. The molecule has 144 valence electrons. The minimum absolute atomic E-state index is 0. The number of aliphatic imine (C=N–C) groups is 1. The average Bonchev–Trinajstić information content (AvgIpc) is 3.09. The molecule has 2 rings (SSSR count). The molecule has 1 aromatic rings. The van der Waals surface area contributed by atoms with Gasteiger partial charge in [-0.05, 0) is 24.8 Å². The lowest BCUT2D eigenvalue weighted by molar-refractivity contribution is -0.143. The van der Waals surface area contributed by atoms with Crippen LogP contribution in [-0.4, -0.2) is 66.1 Å². The second kappa shape index (κ2) is 10.2. The van der Waals surface area contributed by atoms with E-state index in [1.807, 2.05) is 19.4 Å². The standard InChI is InChI=1S/C15H25F3N6.HI/c1-19-14(20-6-3-4-12-8-21-23(2)9-12)22-13-5-7-24(10-13)11-15(16,17)18;/h8-9,13H,3-7,10-11H2,1-2H3,(H2,19,20,22);1H. The number of halogens is 4. The first-order chi connectivity index (χ1) is 11.4. The number of likely N-dealkylation sites (tertiary alicyclic amines) is 1. The summed E-state index contributed by atoms with van der Waals surface area (Å²) in [7, 11) is 3.55. The number of aromatic nitrogens is 2. The number of nitrogens with one attached hydrogen (secondary N) is 2. The zero-order valence-electron chi connectivity index (χ0n) is 14.5. The molecule has 6 nitrogen and oxygen atoms in total. The molecule has 1 unspecified atom stereocenters. The van der Waals surface area contributed by atoms with Crippen LogP contribution in [0.4, 0.5) is 13.2 Å². The van der Waals surface area contributed by atoms with E-state index in [2.05, 4.69) is 20.7 Å². The summed E-state index contributed by atoms with van der Waals surface area (Å²) < 4.78 is 39.0. The quantitative estimate of drug-likeness (QED) is 0.286. The first-order valence-electron chi connectivity index (χ1n) is 8.09. The van der Waals surface area contributed by atoms with Crippen molar-refractivity contribution < 1.29 is 13.2 Å². The third kappa shape index (κ3) is 8.25. The SMILES string of the molecule is CN=C(NCCCc1cnn(C)c1)NC1CCN(CC(F)(F)F)C1.I. The summed E-state index contributed by atoms with van der Waals surface area (Å²) in [6.45, 7) is 0.737. The van der Waals surface area contributed by atoms with Crippen molar-refractivity contribution in [3.63, 3.8) is 0 Å². The van der Waals surface area contributed by atoms with Crippen LogP contribution in [0, 0.1) is 0 Å². The lowest BCUT2D eigenvalue weighted by atomic mass is 10.2. The Morgan fingerprint density at radius 3 is 2.80 bits per heavy atom. The van der Waals surface area contributed by atoms with Crippen molar-refractivity contribution in [3.8, 4) is 0 Å². The van der Waals surface area contributed by atoms with Crippen LogP contribution in [-0.2, 0) is 13.5 Å². The monoisotopic (exact) mass is 474 g/mol. The molecule has 0 aliphatic carbocycles. The van der Waals surface area contributed by atoms with Gasteiger partial charge in [0.2, 0.25) is 0 Å². The molecule has 10 heteroatoms. The first kappa shape index (κ1) is 22.0. The van der Waals surface area contributed by atoms with Crippen LogP contribution in [0.1, 0.15) is 18.4 Å². The Kier molecular flexibility index (Phi) is 8.97. The van der Waals surface area contributed by atoms with Crippen molar-refractivity contribution in [2.24, 2.45) is 12.0 Å². The normalized spacial score (nSPS) is 18.9. The number of hydrogen-bond donors (Lipinski definition) is 2. The number of nitrogens with zero attached hydrogens (tertiary/aromatic N) is 4. The number of guanidine groups is 1. The van der Waals surface area contributed by atoms with E-state index in [4.69, 9.17) is 0 Å². The molecule has 1 aromatic heterocycles. The molecule has 0 aromatic carbocycles. The highest BCUT2D eigenvalue weighted by molar-refractivity contribution is 14.0. The summed E-state index contributed by atoms with van der Waals surface area (Å²) in [6.07, 6.45) is 2.23. The summed E-state index contributed by atoms with van der Waals surface area (Å²) in [5.41, 5.74) is 1.18. The van der Waals surface area contributed by atoms with Gasteiger partial charge in [-0.25, -0.2) is 0 Å². The van der Waals surface area contributed by atoms with E-state index in [-0.39, 0.29) is 30.0 Å². The van der Waals surface area contributed by atoms with Crippen LogP contribution >= 0.6 is 24.0 Å². The number of alkyl halides is 3. The largest absolute Gasteiger partial charge is 0.401 e. The maximum absolute atomic E-state index is 12.4. The fraction of sp³-hybridized carbons (Fsp3) is 0.733. The molecule has 2 heterocycles. The van der Waals surface area contributed by atoms with Crippen molar-refractivity contribution >= 4 is 29.9 Å². The summed E-state index contributed by atoms with van der Waals surface area (Å²) in [5.74, 6) is 0.639. The molecule has 1 atom stereocenters. The van der Waals surface area contributed by atoms with Gasteiger partial charge in [-0.1, -0.05) is 0 Å². The van der Waals surface area contributed by atoms with Crippen LogP contribution < -0.4 is 10.6 Å². The van der Waals surface area contributed by atoms with Crippen LogP contribution in [0.2, 0.25) is 0 Å². The predicted molar refractivity (Wildman–Crippen MR) is 102 cm³/mol. The zero-order valence-corrected chi connectivity index (χ0v) is 16.8. The highest BCUT2D eigenvalue weighted by Crippen LogP contribution is 2.19. The summed E-state index contributed by atoms with van der Waals surface area (Å²) in [5, 5.41) is 10.5. The van der Waals surface area contributed by atoms with Crippen molar-refractivity contribution in [1.29, 1.82) is 0 Å². The fourth-order valence-electron chi connectivity index (χ4n) is 2.84. The van der Waals surface area contributed by atoms with E-state index in [1.165, 1.54) is 10.5 Å². The average molecular weight is 474 g/mol. The van der Waals surface area contributed by atoms with E-state index < -0.39 is 12.7 Å². The van der Waals surface area contributed by atoms with E-state index in [0.29, 0.717) is 25.5 Å². The Morgan fingerprint density at radius 2 is 2.20 bits per heavy atom. The summed E-state index contributed by atoms with van der Waals surface area (Å²) in [4.78, 5) is 5.56. The van der Waals surface area contributed by atoms with Gasteiger partial charge in [-0.15, -0.1) is 24.0 Å². The van der Waals surface area contributed by atoms with Gasteiger partial charge < -0.3 is 10.6 Å². The lowest BCUT2D eigenvalue weighted by Gasteiger charge is -2.19. The predicted octanol–water partition coefficient (Wildman–Crippen LogP) is 1.77. The first-order valence-corrected chi connectivity index (χ1v) is 8.09. The number of rotatable bonds is 6. The van der Waals surface area contributed by atoms with E-state index in [0.717, 1.165) is 19.4 Å². The molecule has 0 radical (unpaired) electrons. The zero-order chi connectivity index (χ0) is 17.6. The summed E-state index contributed by atoms with van der Waals surface area (Å²) >= 11 is 0. The number of aryl methyl sites for hydroxylation is 2. The Labute approximate surface area is 163 Å². The Balaban J connectivity index is 0.00000312. The van der Waals surface area contributed by atoms with Gasteiger partial charge in [0, 0.05) is 46.0 Å². The van der Waals surface area contributed by atoms with Crippen molar-refractivity contribution in [1.82, 2.24) is 25.3 Å². The van der Waals surface area contributed by atoms with Crippen molar-refractivity contribution in [3.05, 3.63) is 18.0 Å². The second-order valence-corrected chi connectivity index (χ2v) is 6.11. The number of hydrogen-bond acceptors (Lipinski definition) is 3. The van der Waals surface area contributed by atoms with E-state index in [1.54, 1.807) is 11.7 Å². The smallest absolute Gasteiger partial charge is 0.356 e. The molecule has 1 aliphatic heterocycles. The lowest BCUT2D eigenvalue weighted by Crippen LogP contribution is -2.45. The van der Waals surface area contributed by atoms with Gasteiger partial charge >= 0.3 is 6.18 Å². The van der Waals surface area contributed by atoms with Crippen LogP contribution in [0.3, 0.4) is 0 Å². The molecule has 1 aliphatic rings. The molecular weight excluding hydrogens is 448 g/mol. The van der Waals surface area contributed by atoms with Crippen molar-refractivity contribution in [2.45, 2.75) is 31.5 Å². The fourth-order valence-corrected chi connectivity index (χ4v) is 2.84. The highest BCUT2D eigenvalue weighted by Gasteiger charge is 2.34. The van der Waals surface area contributed by atoms with E-state index in [9.17, 15) is 13.2 Å². The van der Waals surface area contributed by atoms with Crippen molar-refractivity contribution in [2.75, 3.05) is 33.2 Å². The molecule has 0 saturated carbocycles. The minimum atomic E-state index is -4.14. The Hall–Kier alpha value is -1.04. The van der Waals surface area contributed by atoms with Crippen LogP contribution in [0.25, 0.3) is 0 Å². The van der Waals surface area contributed by atoms with Crippen LogP contribution in [0.5, 0.6) is 0 Å². The molecule has 0 amide bonds. The third-order valence-electron chi connectivity index (χ3n) is 3.93. The Bertz CT molecular complexity index is 546. The van der Waals surface area contributed by atoms with E-state index >= 15 is 0 Å². The van der Waals surface area contributed by atoms with Gasteiger partial charge in [0.25, 0.3) is 0 Å². The maximum atomic E-state index is 12.4. The maximum Gasteiger partial charge on any atom is 0.401 e. The molecule has 1 fully saturated rings. The van der Waals surface area contributed by atoms with Gasteiger partial charge in [0.15, 0.2) is 5.96 Å². The molecular formula is C15H26F3IN6.